The average Bonchev–Trinajstić information content (AvgIpc) is 3.70. The highest BCUT2D eigenvalue weighted by Gasteiger charge is 2.45. The number of hydrogen-bond donors (Lipinski definition) is 0. The highest BCUT2D eigenvalue weighted by molar-refractivity contribution is 7.25. The summed E-state index contributed by atoms with van der Waals surface area (Å²) in [6.07, 6.45) is 0. The summed E-state index contributed by atoms with van der Waals surface area (Å²) in [5, 5.41) is 7.64. The van der Waals surface area contributed by atoms with Crippen LogP contribution in [0.25, 0.3) is 52.8 Å². The van der Waals surface area contributed by atoms with E-state index in [0.717, 1.165) is 0 Å². The number of hydrogen-bond acceptors (Lipinski definition) is 3. The summed E-state index contributed by atoms with van der Waals surface area (Å²) in [6, 6.07) is 63.8. The molecule has 0 saturated heterocycles. The van der Waals surface area contributed by atoms with Gasteiger partial charge in [0.15, 0.2) is 0 Å². The molecule has 0 atom stereocenters. The van der Waals surface area contributed by atoms with Crippen LogP contribution in [-0.2, 0) is 21.7 Å². The molecule has 0 aliphatic carbocycles. The minimum atomic E-state index is -0.0739. The second kappa shape index (κ2) is 15.4. The number of anilines is 6. The molecule has 2 aliphatic heterocycles. The molecule has 1 aromatic heterocycles. The smallest absolute Gasteiger partial charge is 0.252 e. The normalized spacial score (nSPS) is 13.9. The monoisotopic (exact) mass is 926 g/mol. The van der Waals surface area contributed by atoms with E-state index in [9.17, 15) is 0 Å². The van der Waals surface area contributed by atoms with Gasteiger partial charge in [0.05, 0.1) is 0 Å². The molecular formula is C66H63BN2S. The zero-order chi connectivity index (χ0) is 48.8. The van der Waals surface area contributed by atoms with Crippen molar-refractivity contribution in [2.75, 3.05) is 9.80 Å². The van der Waals surface area contributed by atoms with Crippen LogP contribution >= 0.6 is 11.3 Å². The van der Waals surface area contributed by atoms with Crippen LogP contribution in [0.1, 0.15) is 105 Å². The van der Waals surface area contributed by atoms with E-state index in [4.69, 9.17) is 0 Å². The Morgan fingerprint density at radius 3 is 1.23 bits per heavy atom. The fourth-order valence-electron chi connectivity index (χ4n) is 11.3. The van der Waals surface area contributed by atoms with Gasteiger partial charge in [-0.1, -0.05) is 192 Å². The first-order valence-corrected chi connectivity index (χ1v) is 26.1. The van der Waals surface area contributed by atoms with Gasteiger partial charge in [0, 0.05) is 65.1 Å². The van der Waals surface area contributed by atoms with Crippen molar-refractivity contribution in [3.8, 4) is 11.1 Å². The van der Waals surface area contributed by atoms with Gasteiger partial charge in [-0.25, -0.2) is 0 Å². The SMILES string of the molecule is CC(C)(C)c1cc(N2c3cc(-c4ccc5sc6ccccc6c5c4)cc4c3B(c3ccc5ccccc5c32)c2ccc3ccccc3c2N4c2cc(C(C)(C)C)cc(C(C)(C)C)c2)cc(C(C)(C)C)c1. The largest absolute Gasteiger partial charge is 0.311 e. The first-order chi connectivity index (χ1) is 33.2. The molecule has 0 fully saturated rings. The van der Waals surface area contributed by atoms with Gasteiger partial charge in [0.25, 0.3) is 6.71 Å². The van der Waals surface area contributed by atoms with Crippen molar-refractivity contribution in [3.63, 3.8) is 0 Å². The lowest BCUT2D eigenvalue weighted by Crippen LogP contribution is -2.61. The van der Waals surface area contributed by atoms with Crippen LogP contribution in [0.4, 0.5) is 34.1 Å². The Labute approximate surface area is 419 Å². The zero-order valence-electron chi connectivity index (χ0n) is 43.0. The van der Waals surface area contributed by atoms with Crippen LogP contribution in [0.3, 0.4) is 0 Å². The molecule has 0 unspecified atom stereocenters. The maximum Gasteiger partial charge on any atom is 0.252 e. The van der Waals surface area contributed by atoms with E-state index in [2.05, 4.69) is 257 Å². The highest BCUT2D eigenvalue weighted by Crippen LogP contribution is 2.51. The molecule has 10 aromatic rings. The predicted octanol–water partition coefficient (Wildman–Crippen LogP) is 17.3. The van der Waals surface area contributed by atoms with Gasteiger partial charge in [0.2, 0.25) is 0 Å². The van der Waals surface area contributed by atoms with Crippen molar-refractivity contribution >= 4 is 110 Å². The first kappa shape index (κ1) is 44.6. The Morgan fingerprint density at radius 2 is 0.771 bits per heavy atom. The molecule has 2 aliphatic rings. The summed E-state index contributed by atoms with van der Waals surface area (Å²) in [6.45, 7) is 28.3. The van der Waals surface area contributed by atoms with Gasteiger partial charge in [-0.05, 0) is 137 Å². The summed E-state index contributed by atoms with van der Waals surface area (Å²) in [5.41, 5.74) is 18.9. The van der Waals surface area contributed by atoms with E-state index in [-0.39, 0.29) is 28.4 Å². The molecule has 0 radical (unpaired) electrons. The van der Waals surface area contributed by atoms with E-state index in [1.807, 2.05) is 11.3 Å². The Morgan fingerprint density at radius 1 is 0.357 bits per heavy atom. The summed E-state index contributed by atoms with van der Waals surface area (Å²) < 4.78 is 2.64. The Bertz CT molecular complexity index is 3540. The van der Waals surface area contributed by atoms with Crippen LogP contribution in [0.15, 0.2) is 164 Å². The van der Waals surface area contributed by atoms with Crippen LogP contribution in [0, 0.1) is 0 Å². The topological polar surface area (TPSA) is 6.48 Å². The lowest BCUT2D eigenvalue weighted by molar-refractivity contribution is 0.568. The van der Waals surface area contributed by atoms with E-state index in [1.54, 1.807) is 0 Å². The van der Waals surface area contributed by atoms with E-state index in [0.29, 0.717) is 0 Å². The molecule has 9 aromatic carbocycles. The molecule has 0 spiro atoms. The van der Waals surface area contributed by atoms with Crippen LogP contribution in [-0.4, -0.2) is 6.71 Å². The van der Waals surface area contributed by atoms with Crippen LogP contribution < -0.4 is 26.2 Å². The van der Waals surface area contributed by atoms with Gasteiger partial charge in [0.1, 0.15) is 0 Å². The molecule has 346 valence electrons. The van der Waals surface area contributed by atoms with Gasteiger partial charge in [-0.2, -0.15) is 0 Å². The minimum Gasteiger partial charge on any atom is -0.311 e. The summed E-state index contributed by atoms with van der Waals surface area (Å²) in [5.74, 6) is 0. The van der Waals surface area contributed by atoms with Crippen LogP contribution in [0.5, 0.6) is 0 Å². The maximum atomic E-state index is 2.68. The average molecular weight is 927 g/mol. The second-order valence-electron chi connectivity index (χ2n) is 24.3. The lowest BCUT2D eigenvalue weighted by Gasteiger charge is -2.46. The Hall–Kier alpha value is -6.62. The molecule has 12 rings (SSSR count). The molecule has 70 heavy (non-hydrogen) atoms. The van der Waals surface area contributed by atoms with Crippen molar-refractivity contribution in [1.29, 1.82) is 0 Å². The molecule has 0 bridgehead atoms. The lowest BCUT2D eigenvalue weighted by atomic mass is 9.33. The van der Waals surface area contributed by atoms with Crippen molar-refractivity contribution in [2.45, 2.75) is 105 Å². The van der Waals surface area contributed by atoms with E-state index < -0.39 is 0 Å². The van der Waals surface area contributed by atoms with Crippen LogP contribution in [0.2, 0.25) is 0 Å². The highest BCUT2D eigenvalue weighted by atomic mass is 32.1. The summed E-state index contributed by atoms with van der Waals surface area (Å²) in [7, 11) is 0. The summed E-state index contributed by atoms with van der Waals surface area (Å²) in [4.78, 5) is 5.35. The third-order valence-corrected chi connectivity index (χ3v) is 16.5. The van der Waals surface area contributed by atoms with Gasteiger partial charge in [-0.15, -0.1) is 11.3 Å². The molecule has 4 heteroatoms. The first-order valence-electron chi connectivity index (χ1n) is 25.3. The summed E-state index contributed by atoms with van der Waals surface area (Å²) >= 11 is 1.88. The molecule has 2 nitrogen and oxygen atoms in total. The fourth-order valence-corrected chi connectivity index (χ4v) is 12.4. The number of nitrogens with zero attached hydrogens (tertiary/aromatic N) is 2. The third-order valence-electron chi connectivity index (χ3n) is 15.4. The maximum absolute atomic E-state index is 2.68. The van der Waals surface area contributed by atoms with Crippen molar-refractivity contribution in [2.24, 2.45) is 0 Å². The quantitative estimate of drug-likeness (QED) is 0.163. The van der Waals surface area contributed by atoms with Gasteiger partial charge < -0.3 is 9.80 Å². The molecular weight excluding hydrogens is 864 g/mol. The van der Waals surface area contributed by atoms with E-state index >= 15 is 0 Å². The number of fused-ring (bicyclic) bond motifs is 11. The van der Waals surface area contributed by atoms with Gasteiger partial charge >= 0.3 is 0 Å². The second-order valence-corrected chi connectivity index (χ2v) is 25.4. The molecule has 0 saturated carbocycles. The number of benzene rings is 9. The van der Waals surface area contributed by atoms with Crippen molar-refractivity contribution < 1.29 is 0 Å². The number of thiophene rings is 1. The van der Waals surface area contributed by atoms with E-state index in [1.165, 1.54) is 126 Å². The minimum absolute atomic E-state index is 0.0326. The van der Waals surface area contributed by atoms with Gasteiger partial charge in [-0.3, -0.25) is 0 Å². The zero-order valence-corrected chi connectivity index (χ0v) is 43.8. The molecule has 3 heterocycles. The predicted molar refractivity (Wildman–Crippen MR) is 309 cm³/mol. The third kappa shape index (κ3) is 7.11. The molecule has 0 N–H and O–H groups in total. The van der Waals surface area contributed by atoms with Crippen molar-refractivity contribution in [1.82, 2.24) is 0 Å². The van der Waals surface area contributed by atoms with Crippen molar-refractivity contribution in [3.05, 3.63) is 186 Å². The number of rotatable bonds is 3. The fraction of sp³-hybridized carbons (Fsp3) is 0.242. The Balaban J connectivity index is 1.27. The molecule has 0 amide bonds. The Kier molecular flexibility index (Phi) is 9.83. The standard InChI is InChI=1S/C66H63BN2S/c1-63(2,3)44-34-45(64(4,5)6)37-48(36-44)68-56-32-43(42-27-30-59-53(31-42)52-23-17-18-24-58(52)70-59)33-57-60(56)67(54-28-25-40-19-13-15-21-50(40)61(54)68)55-29-26-41-20-14-16-22-51(41)62(55)69(57)49-38-46(65(7,8)9)35-47(39-49)66(10,11)12/h13-39H,1-12H3.